The summed E-state index contributed by atoms with van der Waals surface area (Å²) < 4.78 is 5.14. The number of carboxylic acids is 2. The van der Waals surface area contributed by atoms with Crippen LogP contribution in [-0.4, -0.2) is 63.9 Å². The van der Waals surface area contributed by atoms with Gasteiger partial charge in [0.1, 0.15) is 11.5 Å². The van der Waals surface area contributed by atoms with Crippen LogP contribution in [0, 0.1) is 0 Å². The number of carboxylic acid groups (broad SMARTS) is 2. The van der Waals surface area contributed by atoms with Crippen LogP contribution in [0.3, 0.4) is 0 Å². The molecule has 2 aromatic rings. The zero-order valence-corrected chi connectivity index (χ0v) is 18.8. The molecular weight excluding hydrogens is 448 g/mol. The number of benzene rings is 2. The predicted octanol–water partition coefficient (Wildman–Crippen LogP) is 1.11. The summed E-state index contributed by atoms with van der Waals surface area (Å²) in [6.07, 6.45) is 1.68. The van der Waals surface area contributed by atoms with Crippen molar-refractivity contribution >= 4 is 24.0 Å². The van der Waals surface area contributed by atoms with Crippen LogP contribution >= 0.6 is 0 Å². The van der Waals surface area contributed by atoms with Crippen molar-refractivity contribution in [1.29, 1.82) is 0 Å². The topological polar surface area (TPSA) is 197 Å². The Bertz CT molecular complexity index is 930. The molecule has 0 bridgehead atoms. The monoisotopic (exact) mass is 478 g/mol. The van der Waals surface area contributed by atoms with Gasteiger partial charge in [0.15, 0.2) is 0 Å². The van der Waals surface area contributed by atoms with Gasteiger partial charge in [0.25, 0.3) is 0 Å². The second-order valence-corrected chi connectivity index (χ2v) is 6.93. The summed E-state index contributed by atoms with van der Waals surface area (Å²) in [6, 6.07) is 12.7. The molecule has 0 saturated carbocycles. The molecule has 2 aromatic carbocycles. The van der Waals surface area contributed by atoms with Gasteiger partial charge in [-0.05, 0) is 48.7 Å². The average molecular weight is 478 g/mol. The summed E-state index contributed by atoms with van der Waals surface area (Å²) in [5, 5.41) is 41.3. The number of phenolic OH excluding ortho intramolecular Hbond substituents is 1. The minimum atomic E-state index is -1.26. The van der Waals surface area contributed by atoms with E-state index in [0.29, 0.717) is 30.7 Å². The maximum Gasteiger partial charge on any atom is 0.328 e. The lowest BCUT2D eigenvalue weighted by molar-refractivity contribution is -0.134. The number of nitrogens with one attached hydrogen (secondary N) is 2. The Morgan fingerprint density at radius 1 is 1.06 bits per heavy atom. The van der Waals surface area contributed by atoms with Gasteiger partial charge in [0.2, 0.25) is 6.41 Å². The number of rotatable bonds is 11. The van der Waals surface area contributed by atoms with E-state index in [-0.39, 0.29) is 23.0 Å². The van der Waals surface area contributed by atoms with Crippen LogP contribution in [0.4, 0.5) is 5.69 Å². The molecule has 2 atom stereocenters. The fourth-order valence-corrected chi connectivity index (χ4v) is 2.70. The lowest BCUT2D eigenvalue weighted by Crippen LogP contribution is -2.32. The lowest BCUT2D eigenvalue weighted by atomic mass is 10.1. The number of aliphatic hydroxyl groups excluding tert-OH is 1. The van der Waals surface area contributed by atoms with E-state index in [0.717, 1.165) is 12.2 Å². The van der Waals surface area contributed by atoms with Gasteiger partial charge in [-0.3, -0.25) is 4.79 Å². The van der Waals surface area contributed by atoms with Crippen molar-refractivity contribution in [3.8, 4) is 11.5 Å². The lowest BCUT2D eigenvalue weighted by Gasteiger charge is -2.18. The zero-order valence-electron chi connectivity index (χ0n) is 18.8. The van der Waals surface area contributed by atoms with Crippen LogP contribution in [0.25, 0.3) is 0 Å². The number of anilines is 1. The van der Waals surface area contributed by atoms with Crippen LogP contribution < -0.4 is 15.4 Å². The molecule has 0 fully saturated rings. The number of methoxy groups -OCH3 is 1. The molecule has 0 aliphatic carbocycles. The van der Waals surface area contributed by atoms with Crippen molar-refractivity contribution in [3.63, 3.8) is 0 Å². The van der Waals surface area contributed by atoms with Gasteiger partial charge in [-0.1, -0.05) is 18.2 Å². The Labute approximate surface area is 196 Å². The Kier molecular flexibility index (Phi) is 14.0. The van der Waals surface area contributed by atoms with E-state index in [9.17, 15) is 24.6 Å². The smallest absolute Gasteiger partial charge is 0.328 e. The first kappa shape index (κ1) is 30.1. The molecule has 34 heavy (non-hydrogen) atoms. The molecule has 8 N–H and O–H groups in total. The number of hydrogen-bond donors (Lipinski definition) is 6. The van der Waals surface area contributed by atoms with Gasteiger partial charge in [-0.15, -0.1) is 0 Å². The van der Waals surface area contributed by atoms with Gasteiger partial charge in [0.05, 0.1) is 18.9 Å². The third kappa shape index (κ3) is 11.6. The van der Waals surface area contributed by atoms with E-state index in [1.54, 1.807) is 19.2 Å². The van der Waals surface area contributed by atoms with Crippen molar-refractivity contribution in [1.82, 2.24) is 5.32 Å². The van der Waals surface area contributed by atoms with Gasteiger partial charge in [0, 0.05) is 24.7 Å². The number of aromatic hydroxyl groups is 1. The normalized spacial score (nSPS) is 11.9. The quantitative estimate of drug-likeness (QED) is 0.156. The Morgan fingerprint density at radius 3 is 2.15 bits per heavy atom. The molecule has 11 nitrogen and oxygen atoms in total. The molecule has 11 heteroatoms. The highest BCUT2D eigenvalue weighted by Gasteiger charge is 2.12. The molecule has 0 saturated heterocycles. The number of ether oxygens (including phenoxy) is 1. The maximum atomic E-state index is 10.5. The average Bonchev–Trinajstić information content (AvgIpc) is 2.78. The number of phenols is 1. The summed E-state index contributed by atoms with van der Waals surface area (Å²) >= 11 is 0. The van der Waals surface area contributed by atoms with Crippen LogP contribution in [0.1, 0.15) is 24.2 Å². The van der Waals surface area contributed by atoms with Crippen molar-refractivity contribution < 1.29 is 45.0 Å². The highest BCUT2D eigenvalue weighted by Crippen LogP contribution is 2.26. The molecule has 0 aliphatic rings. The minimum absolute atomic E-state index is 0. The number of amides is 1. The van der Waals surface area contributed by atoms with Gasteiger partial charge < -0.3 is 41.3 Å². The third-order valence-electron chi connectivity index (χ3n) is 4.35. The summed E-state index contributed by atoms with van der Waals surface area (Å²) in [4.78, 5) is 29.6. The van der Waals surface area contributed by atoms with Crippen LogP contribution in [-0.2, 0) is 20.8 Å². The molecular formula is C23H30N2O9. The first-order valence-electron chi connectivity index (χ1n) is 9.87. The Balaban J connectivity index is 0.00000104. The third-order valence-corrected chi connectivity index (χ3v) is 4.35. The van der Waals surface area contributed by atoms with E-state index < -0.39 is 18.0 Å². The fraction of sp³-hybridized carbons (Fsp3) is 0.261. The van der Waals surface area contributed by atoms with Crippen molar-refractivity contribution in [2.24, 2.45) is 0 Å². The number of aliphatic carboxylic acids is 2. The molecule has 186 valence electrons. The van der Waals surface area contributed by atoms with E-state index in [2.05, 4.69) is 10.6 Å². The summed E-state index contributed by atoms with van der Waals surface area (Å²) in [6.45, 7) is 2.41. The molecule has 0 spiro atoms. The fourth-order valence-electron chi connectivity index (χ4n) is 2.70. The molecule has 0 aromatic heterocycles. The van der Waals surface area contributed by atoms with Crippen molar-refractivity contribution in [2.45, 2.75) is 25.5 Å². The highest BCUT2D eigenvalue weighted by molar-refractivity contribution is 5.89. The summed E-state index contributed by atoms with van der Waals surface area (Å²) in [5.41, 5.74) is 2.07. The van der Waals surface area contributed by atoms with E-state index in [4.69, 9.17) is 14.9 Å². The Hall–Kier alpha value is -3.93. The molecule has 0 aliphatic heterocycles. The minimum Gasteiger partial charge on any atom is -0.506 e. The largest absolute Gasteiger partial charge is 0.506 e. The SMILES string of the molecule is COc1ccc(C[C@H](C)NC[C@@H](O)c2ccc(O)c(NC=O)c2)cc1.O.O=C(O)/C=C/C(=O)O. The zero-order chi connectivity index (χ0) is 24.8. The summed E-state index contributed by atoms with van der Waals surface area (Å²) in [5.74, 6) is -1.73. The van der Waals surface area contributed by atoms with E-state index >= 15 is 0 Å². The van der Waals surface area contributed by atoms with Crippen LogP contribution in [0.15, 0.2) is 54.6 Å². The standard InChI is InChI=1S/C19H24N2O4.C4H4O4.H2O/c1-13(9-14-3-6-16(25-2)7-4-14)20-11-19(24)15-5-8-18(23)17(10-15)21-12-22;5-3(6)1-2-4(7)8;/h3-8,10,12-13,19-20,23-24H,9,11H2,1-2H3,(H,21,22);1-2H,(H,5,6)(H,7,8);1H2/b;2-1+;/t13-,19+;;/m0../s1. The number of hydrogen-bond acceptors (Lipinski definition) is 7. The summed E-state index contributed by atoms with van der Waals surface area (Å²) in [7, 11) is 1.64. The number of carbonyl (C=O) groups is 3. The number of carbonyl (C=O) groups excluding carboxylic acids is 1. The van der Waals surface area contributed by atoms with E-state index in [1.165, 1.54) is 11.6 Å². The first-order valence-corrected chi connectivity index (χ1v) is 9.87. The highest BCUT2D eigenvalue weighted by atomic mass is 16.5. The van der Waals surface area contributed by atoms with Crippen LogP contribution in [0.5, 0.6) is 11.5 Å². The maximum absolute atomic E-state index is 10.5. The van der Waals surface area contributed by atoms with E-state index in [1.807, 2.05) is 31.2 Å². The van der Waals surface area contributed by atoms with Crippen molar-refractivity contribution in [3.05, 3.63) is 65.7 Å². The molecule has 1 amide bonds. The van der Waals surface area contributed by atoms with Gasteiger partial charge in [-0.2, -0.15) is 0 Å². The van der Waals surface area contributed by atoms with Crippen LogP contribution in [0.2, 0.25) is 0 Å². The first-order chi connectivity index (χ1) is 15.7. The predicted molar refractivity (Wildman–Crippen MR) is 125 cm³/mol. The second-order valence-electron chi connectivity index (χ2n) is 6.93. The molecule has 0 heterocycles. The van der Waals surface area contributed by atoms with Gasteiger partial charge >= 0.3 is 11.9 Å². The van der Waals surface area contributed by atoms with Gasteiger partial charge in [-0.25, -0.2) is 9.59 Å². The second kappa shape index (κ2) is 15.8. The Morgan fingerprint density at radius 2 is 1.65 bits per heavy atom. The molecule has 0 unspecified atom stereocenters. The molecule has 2 rings (SSSR count). The molecule has 0 radical (unpaired) electrons. The van der Waals surface area contributed by atoms with Crippen molar-refractivity contribution in [2.75, 3.05) is 19.0 Å². The number of aliphatic hydroxyl groups is 1.